The Balaban J connectivity index is 3.29. The molecule has 0 amide bonds. The van der Waals surface area contributed by atoms with E-state index in [1.807, 2.05) is 0 Å². The molecule has 4 heteroatoms. The molecule has 28 heavy (non-hydrogen) atoms. The van der Waals surface area contributed by atoms with Gasteiger partial charge in [0.15, 0.2) is 0 Å². The maximum absolute atomic E-state index is 10.8. The fraction of sp³-hybridized carbons (Fsp3) is 0.958. The van der Waals surface area contributed by atoms with Crippen molar-refractivity contribution in [1.29, 1.82) is 0 Å². The van der Waals surface area contributed by atoms with Crippen LogP contribution in [0.5, 0.6) is 0 Å². The molecule has 0 saturated carbocycles. The number of ether oxygens (including phenoxy) is 1. The van der Waals surface area contributed by atoms with Gasteiger partial charge in [0, 0.05) is 20.0 Å². The Morgan fingerprint density at radius 2 is 1.11 bits per heavy atom. The molecular formula is C24H49NO3. The van der Waals surface area contributed by atoms with Gasteiger partial charge in [0.25, 0.3) is 0 Å². The summed E-state index contributed by atoms with van der Waals surface area (Å²) in [6.07, 6.45) is 22.1. The third-order valence-electron chi connectivity index (χ3n) is 5.46. The molecular weight excluding hydrogens is 350 g/mol. The topological polar surface area (TPSA) is 49.8 Å². The van der Waals surface area contributed by atoms with Gasteiger partial charge in [0.05, 0.1) is 6.61 Å². The van der Waals surface area contributed by atoms with Crippen molar-refractivity contribution in [3.05, 3.63) is 0 Å². The third kappa shape index (κ3) is 21.7. The highest BCUT2D eigenvalue weighted by molar-refractivity contribution is 5.65. The summed E-state index contributed by atoms with van der Waals surface area (Å²) in [7, 11) is 0. The molecule has 1 N–H and O–H groups in total. The quantitative estimate of drug-likeness (QED) is 0.176. The monoisotopic (exact) mass is 399 g/mol. The van der Waals surface area contributed by atoms with Crippen LogP contribution in [0, 0.1) is 0 Å². The smallest absolute Gasteiger partial charge is 0.302 e. The molecule has 0 aromatic carbocycles. The van der Waals surface area contributed by atoms with E-state index < -0.39 is 0 Å². The molecule has 0 spiro atoms. The Morgan fingerprint density at radius 3 is 1.50 bits per heavy atom. The second-order valence-corrected chi connectivity index (χ2v) is 8.21. The highest BCUT2D eigenvalue weighted by Crippen LogP contribution is 2.13. The minimum Gasteiger partial charge on any atom is -0.465 e. The van der Waals surface area contributed by atoms with Crippen LogP contribution in [0.4, 0.5) is 0 Å². The summed E-state index contributed by atoms with van der Waals surface area (Å²) in [5.41, 5.74) is 0. The summed E-state index contributed by atoms with van der Waals surface area (Å²) in [5, 5.41) is 9.13. The van der Waals surface area contributed by atoms with Gasteiger partial charge in [-0.1, -0.05) is 103 Å². The number of aliphatic hydroxyl groups is 1. The number of hydrogen-bond acceptors (Lipinski definition) is 4. The van der Waals surface area contributed by atoms with E-state index in [4.69, 9.17) is 9.84 Å². The van der Waals surface area contributed by atoms with Crippen molar-refractivity contribution in [2.75, 3.05) is 32.8 Å². The van der Waals surface area contributed by atoms with Crippen molar-refractivity contribution in [1.82, 2.24) is 4.90 Å². The predicted molar refractivity (Wildman–Crippen MR) is 120 cm³/mol. The molecule has 0 heterocycles. The van der Waals surface area contributed by atoms with Crippen LogP contribution in [-0.4, -0.2) is 48.8 Å². The Kier molecular flexibility index (Phi) is 22.2. The first-order chi connectivity index (χ1) is 13.7. The van der Waals surface area contributed by atoms with Crippen LogP contribution >= 0.6 is 0 Å². The van der Waals surface area contributed by atoms with Gasteiger partial charge in [0.1, 0.15) is 6.61 Å². The molecule has 0 aliphatic rings. The van der Waals surface area contributed by atoms with Crippen LogP contribution in [0.2, 0.25) is 0 Å². The van der Waals surface area contributed by atoms with Crippen molar-refractivity contribution in [2.24, 2.45) is 0 Å². The molecule has 4 nitrogen and oxygen atoms in total. The molecule has 0 unspecified atom stereocenters. The molecule has 0 aliphatic heterocycles. The second-order valence-electron chi connectivity index (χ2n) is 8.21. The van der Waals surface area contributed by atoms with Gasteiger partial charge in [0.2, 0.25) is 0 Å². The van der Waals surface area contributed by atoms with Gasteiger partial charge in [-0.15, -0.1) is 0 Å². The lowest BCUT2D eigenvalue weighted by molar-refractivity contribution is -0.141. The van der Waals surface area contributed by atoms with Crippen LogP contribution in [0.1, 0.15) is 117 Å². The fourth-order valence-corrected chi connectivity index (χ4v) is 3.68. The molecule has 0 atom stereocenters. The first-order valence-corrected chi connectivity index (χ1v) is 12.2. The van der Waals surface area contributed by atoms with E-state index in [2.05, 4.69) is 11.8 Å². The summed E-state index contributed by atoms with van der Waals surface area (Å²) >= 11 is 0. The van der Waals surface area contributed by atoms with Crippen LogP contribution in [0.15, 0.2) is 0 Å². The standard InChI is InChI=1S/C24H49NO3/c1-3-4-5-6-7-8-9-10-11-12-13-14-15-16-17-18-19-25(20-22-26)21-23-28-24(2)27/h26H,3-23H2,1-2H3. The summed E-state index contributed by atoms with van der Waals surface area (Å²) in [5.74, 6) is -0.230. The first kappa shape index (κ1) is 27.4. The molecule has 0 radical (unpaired) electrons. The molecule has 0 aromatic rings. The van der Waals surface area contributed by atoms with Crippen LogP contribution in [-0.2, 0) is 9.53 Å². The average Bonchev–Trinajstić information content (AvgIpc) is 2.67. The zero-order valence-corrected chi connectivity index (χ0v) is 19.1. The predicted octanol–water partition coefficient (Wildman–Crippen LogP) is 6.11. The Labute approximate surface area is 175 Å². The number of hydrogen-bond donors (Lipinski definition) is 1. The highest BCUT2D eigenvalue weighted by atomic mass is 16.5. The minimum atomic E-state index is -0.230. The lowest BCUT2D eigenvalue weighted by Gasteiger charge is -2.20. The van der Waals surface area contributed by atoms with E-state index in [0.717, 1.165) is 13.1 Å². The van der Waals surface area contributed by atoms with Gasteiger partial charge in [-0.25, -0.2) is 0 Å². The molecule has 0 rings (SSSR count). The first-order valence-electron chi connectivity index (χ1n) is 12.2. The number of rotatable bonds is 22. The van der Waals surface area contributed by atoms with Gasteiger partial charge in [-0.05, 0) is 13.0 Å². The maximum atomic E-state index is 10.8. The van der Waals surface area contributed by atoms with E-state index in [1.165, 1.54) is 110 Å². The summed E-state index contributed by atoms with van der Waals surface area (Å²) < 4.78 is 4.99. The zero-order valence-electron chi connectivity index (χ0n) is 19.1. The molecule has 0 fully saturated rings. The van der Waals surface area contributed by atoms with Gasteiger partial charge < -0.3 is 9.84 Å². The number of carbonyl (C=O) groups excluding carboxylic acids is 1. The van der Waals surface area contributed by atoms with Crippen molar-refractivity contribution in [3.63, 3.8) is 0 Å². The van der Waals surface area contributed by atoms with Crippen molar-refractivity contribution in [2.45, 2.75) is 117 Å². The molecule has 0 saturated heterocycles. The second kappa shape index (κ2) is 22.7. The number of carbonyl (C=O) groups is 1. The largest absolute Gasteiger partial charge is 0.465 e. The van der Waals surface area contributed by atoms with Crippen molar-refractivity contribution < 1.29 is 14.6 Å². The zero-order chi connectivity index (χ0) is 20.7. The minimum absolute atomic E-state index is 0.166. The van der Waals surface area contributed by atoms with Gasteiger partial charge >= 0.3 is 5.97 Å². The van der Waals surface area contributed by atoms with Crippen molar-refractivity contribution >= 4 is 5.97 Å². The van der Waals surface area contributed by atoms with Gasteiger partial charge in [-0.2, -0.15) is 0 Å². The Morgan fingerprint density at radius 1 is 0.679 bits per heavy atom. The van der Waals surface area contributed by atoms with Gasteiger partial charge in [-0.3, -0.25) is 9.69 Å². The SMILES string of the molecule is CCCCCCCCCCCCCCCCCCN(CCO)CCOC(C)=O. The van der Waals surface area contributed by atoms with E-state index in [9.17, 15) is 4.79 Å². The molecule has 168 valence electrons. The number of esters is 1. The van der Waals surface area contributed by atoms with E-state index >= 15 is 0 Å². The molecule has 0 aliphatic carbocycles. The summed E-state index contributed by atoms with van der Waals surface area (Å²) in [4.78, 5) is 13.0. The molecule has 0 aromatic heterocycles. The van der Waals surface area contributed by atoms with E-state index in [0.29, 0.717) is 13.2 Å². The van der Waals surface area contributed by atoms with Crippen molar-refractivity contribution in [3.8, 4) is 0 Å². The van der Waals surface area contributed by atoms with Crippen LogP contribution in [0.3, 0.4) is 0 Å². The summed E-state index contributed by atoms with van der Waals surface area (Å²) in [6, 6.07) is 0. The number of unbranched alkanes of at least 4 members (excludes halogenated alkanes) is 15. The Bertz CT molecular complexity index is 323. The van der Waals surface area contributed by atoms with E-state index in [-0.39, 0.29) is 12.6 Å². The maximum Gasteiger partial charge on any atom is 0.302 e. The van der Waals surface area contributed by atoms with E-state index in [1.54, 1.807) is 0 Å². The highest BCUT2D eigenvalue weighted by Gasteiger charge is 2.05. The Hall–Kier alpha value is -0.610. The molecule has 0 bridgehead atoms. The summed E-state index contributed by atoms with van der Waals surface area (Å²) in [6.45, 7) is 6.68. The lowest BCUT2D eigenvalue weighted by Crippen LogP contribution is -2.31. The average molecular weight is 400 g/mol. The van der Waals surface area contributed by atoms with Crippen LogP contribution in [0.25, 0.3) is 0 Å². The third-order valence-corrected chi connectivity index (χ3v) is 5.46. The van der Waals surface area contributed by atoms with Crippen LogP contribution < -0.4 is 0 Å². The fourth-order valence-electron chi connectivity index (χ4n) is 3.68. The number of nitrogens with zero attached hydrogens (tertiary/aromatic N) is 1. The normalized spacial score (nSPS) is 11.3. The number of aliphatic hydroxyl groups excluding tert-OH is 1. The lowest BCUT2D eigenvalue weighted by atomic mass is 10.0.